The summed E-state index contributed by atoms with van der Waals surface area (Å²) in [5.41, 5.74) is -3.00. The molecule has 0 amide bonds. The van der Waals surface area contributed by atoms with Gasteiger partial charge in [0.05, 0.1) is 14.1 Å². The molecule has 0 spiro atoms. The molecule has 2 atom stereocenters. The highest BCUT2D eigenvalue weighted by atomic mass is 19.4. The van der Waals surface area contributed by atoms with Gasteiger partial charge in [-0.3, -0.25) is 9.36 Å². The van der Waals surface area contributed by atoms with Crippen molar-refractivity contribution in [3.8, 4) is 17.4 Å². The van der Waals surface area contributed by atoms with Crippen molar-refractivity contribution in [2.75, 3.05) is 20.2 Å². The van der Waals surface area contributed by atoms with Crippen LogP contribution in [0.4, 0.5) is 17.6 Å². The molecule has 3 heterocycles. The number of likely N-dealkylation sites (tertiary alicyclic amines) is 1. The number of aromatic nitrogens is 3. The summed E-state index contributed by atoms with van der Waals surface area (Å²) in [6, 6.07) is 4.57. The number of aromatic hydroxyl groups is 1. The number of phenols is 1. The fraction of sp³-hybridized carbons (Fsp3) is 0.500. The molecule has 1 saturated heterocycles. The SMILES string of the molecule is [2H]C([2H])(Oc1nc(C(CC)CCCCC)c2cc(C(F)(F)F)n(-c3cc(O)cc4ccc(F)c(CC)c34)c(=O)c2n1)[C@@H]1CCCN1C. The summed E-state index contributed by atoms with van der Waals surface area (Å²) in [5, 5.41) is 10.8. The lowest BCUT2D eigenvalue weighted by Crippen LogP contribution is -2.31. The van der Waals surface area contributed by atoms with E-state index in [1.165, 1.54) is 18.2 Å². The number of pyridine rings is 1. The summed E-state index contributed by atoms with van der Waals surface area (Å²) in [5.74, 6) is -1.44. The molecule has 1 aliphatic heterocycles. The third-order valence-electron chi connectivity index (χ3n) is 8.74. The Balaban J connectivity index is 1.86. The summed E-state index contributed by atoms with van der Waals surface area (Å²) < 4.78 is 83.5. The van der Waals surface area contributed by atoms with E-state index in [1.54, 1.807) is 14.0 Å². The van der Waals surface area contributed by atoms with Gasteiger partial charge in [0, 0.05) is 28.8 Å². The molecule has 1 fully saturated rings. The van der Waals surface area contributed by atoms with Gasteiger partial charge in [0.2, 0.25) is 0 Å². The lowest BCUT2D eigenvalue weighted by atomic mass is 9.92. The number of unbranched alkanes of at least 4 members (excludes halogenated alkanes) is 2. The standard InChI is InChI=1S/C34H40F4N4O3/c1-5-8-9-11-20(6-2)30-25-18-28(34(36,37)38)42(27-17-23(43)16-21-13-14-26(35)24(7-3)29(21)27)32(44)31(25)40-33(39-30)45-19-22-12-10-15-41(22)4/h13-14,16-18,20,22,43H,5-12,15,19H2,1-4H3/t20?,22-/m0/s1/i19D2. The minimum absolute atomic E-state index is 0.0506. The van der Waals surface area contributed by atoms with E-state index >= 15 is 4.39 Å². The molecule has 1 aliphatic rings. The number of benzene rings is 2. The maximum Gasteiger partial charge on any atom is 0.431 e. The number of hydrogen-bond donors (Lipinski definition) is 1. The second-order valence-corrected chi connectivity index (χ2v) is 11.7. The normalized spacial score (nSPS) is 17.6. The van der Waals surface area contributed by atoms with Gasteiger partial charge < -0.3 is 14.7 Å². The average Bonchev–Trinajstić information content (AvgIpc) is 3.45. The Morgan fingerprint density at radius 3 is 2.58 bits per heavy atom. The summed E-state index contributed by atoms with van der Waals surface area (Å²) >= 11 is 0. The first-order valence-electron chi connectivity index (χ1n) is 16.6. The first kappa shape index (κ1) is 30.0. The Kier molecular flexibility index (Phi) is 8.87. The number of ether oxygens (including phenoxy) is 1. The Hall–Kier alpha value is -3.73. The van der Waals surface area contributed by atoms with Crippen molar-refractivity contribution in [3.63, 3.8) is 0 Å². The number of nitrogens with zero attached hydrogens (tertiary/aromatic N) is 4. The molecule has 1 N–H and O–H groups in total. The van der Waals surface area contributed by atoms with Gasteiger partial charge in [0.1, 0.15) is 29.3 Å². The fourth-order valence-electron chi connectivity index (χ4n) is 6.35. The van der Waals surface area contributed by atoms with E-state index in [1.807, 2.05) is 18.7 Å². The second kappa shape index (κ2) is 13.3. The largest absolute Gasteiger partial charge is 0.508 e. The first-order valence-corrected chi connectivity index (χ1v) is 15.6. The number of rotatable bonds is 11. The number of aryl methyl sites for hydroxylation is 1. The third-order valence-corrected chi connectivity index (χ3v) is 8.74. The molecule has 5 rings (SSSR count). The van der Waals surface area contributed by atoms with Crippen molar-refractivity contribution in [3.05, 3.63) is 63.5 Å². The Morgan fingerprint density at radius 2 is 1.93 bits per heavy atom. The smallest absolute Gasteiger partial charge is 0.431 e. The van der Waals surface area contributed by atoms with Crippen LogP contribution in [0.1, 0.15) is 91.3 Å². The van der Waals surface area contributed by atoms with E-state index < -0.39 is 53.1 Å². The van der Waals surface area contributed by atoms with E-state index in [4.69, 9.17) is 7.48 Å². The molecule has 11 heteroatoms. The zero-order chi connectivity index (χ0) is 34.3. The molecule has 0 radical (unpaired) electrons. The van der Waals surface area contributed by atoms with Crippen molar-refractivity contribution < 1.29 is 30.1 Å². The number of halogens is 4. The van der Waals surface area contributed by atoms with Crippen LogP contribution in [-0.2, 0) is 12.6 Å². The lowest BCUT2D eigenvalue weighted by molar-refractivity contribution is -0.142. The highest BCUT2D eigenvalue weighted by Crippen LogP contribution is 2.39. The maximum atomic E-state index is 15.0. The first-order chi connectivity index (χ1) is 22.2. The molecule has 1 unspecified atom stereocenters. The zero-order valence-corrected chi connectivity index (χ0v) is 26.0. The fourth-order valence-corrected chi connectivity index (χ4v) is 6.35. The Morgan fingerprint density at radius 1 is 1.16 bits per heavy atom. The summed E-state index contributed by atoms with van der Waals surface area (Å²) in [6.45, 7) is 3.96. The van der Waals surface area contributed by atoms with Crippen molar-refractivity contribution in [1.29, 1.82) is 0 Å². The van der Waals surface area contributed by atoms with Crippen LogP contribution in [0.3, 0.4) is 0 Å². The predicted octanol–water partition coefficient (Wildman–Crippen LogP) is 7.91. The molecular weight excluding hydrogens is 588 g/mol. The number of alkyl halides is 3. The van der Waals surface area contributed by atoms with Crippen LogP contribution in [0.2, 0.25) is 0 Å². The molecule has 45 heavy (non-hydrogen) atoms. The average molecular weight is 631 g/mol. The van der Waals surface area contributed by atoms with Crippen LogP contribution >= 0.6 is 0 Å². The Bertz CT molecular complexity index is 1850. The predicted molar refractivity (Wildman–Crippen MR) is 167 cm³/mol. The van der Waals surface area contributed by atoms with Gasteiger partial charge in [-0.1, -0.05) is 46.1 Å². The van der Waals surface area contributed by atoms with Gasteiger partial charge in [-0.25, -0.2) is 4.39 Å². The van der Waals surface area contributed by atoms with Crippen LogP contribution in [0, 0.1) is 5.82 Å². The topological polar surface area (TPSA) is 80.5 Å². The Labute approximate surface area is 262 Å². The summed E-state index contributed by atoms with van der Waals surface area (Å²) in [7, 11) is 1.77. The van der Waals surface area contributed by atoms with E-state index in [9.17, 15) is 23.1 Å². The van der Waals surface area contributed by atoms with Gasteiger partial charge in [0.15, 0.2) is 0 Å². The number of fused-ring (bicyclic) bond motifs is 2. The van der Waals surface area contributed by atoms with Crippen LogP contribution in [0.5, 0.6) is 11.8 Å². The van der Waals surface area contributed by atoms with E-state index in [-0.39, 0.29) is 45.4 Å². The number of hydrogen-bond acceptors (Lipinski definition) is 6. The van der Waals surface area contributed by atoms with Crippen LogP contribution in [0.15, 0.2) is 35.1 Å². The number of phenolic OH excluding ortho intramolecular Hbond substituents is 1. The van der Waals surface area contributed by atoms with Gasteiger partial charge >= 0.3 is 12.2 Å². The molecule has 0 saturated carbocycles. The molecule has 7 nitrogen and oxygen atoms in total. The van der Waals surface area contributed by atoms with Gasteiger partial charge in [-0.15, -0.1) is 0 Å². The van der Waals surface area contributed by atoms with Crippen molar-refractivity contribution in [2.24, 2.45) is 0 Å². The van der Waals surface area contributed by atoms with Crippen molar-refractivity contribution in [2.45, 2.75) is 90.3 Å². The molecular formula is C34H40F4N4O3. The molecule has 0 aliphatic carbocycles. The van der Waals surface area contributed by atoms with E-state index in [2.05, 4.69) is 9.97 Å². The van der Waals surface area contributed by atoms with Crippen LogP contribution < -0.4 is 10.3 Å². The van der Waals surface area contributed by atoms with E-state index in [0.29, 0.717) is 30.4 Å². The highest BCUT2D eigenvalue weighted by Gasteiger charge is 2.37. The van der Waals surface area contributed by atoms with Gasteiger partial charge in [-0.2, -0.15) is 23.1 Å². The van der Waals surface area contributed by atoms with Crippen LogP contribution in [0.25, 0.3) is 27.4 Å². The van der Waals surface area contributed by atoms with Crippen molar-refractivity contribution in [1.82, 2.24) is 19.4 Å². The second-order valence-electron chi connectivity index (χ2n) is 11.7. The van der Waals surface area contributed by atoms with Crippen LogP contribution in [-0.4, -0.2) is 50.7 Å². The molecule has 2 aromatic heterocycles. The van der Waals surface area contributed by atoms with Gasteiger partial charge in [-0.05, 0) is 74.8 Å². The maximum absolute atomic E-state index is 15.0. The molecule has 242 valence electrons. The minimum Gasteiger partial charge on any atom is -0.508 e. The monoisotopic (exact) mass is 630 g/mol. The zero-order valence-electron chi connectivity index (χ0n) is 28.0. The lowest BCUT2D eigenvalue weighted by Gasteiger charge is -2.23. The molecule has 0 bridgehead atoms. The summed E-state index contributed by atoms with van der Waals surface area (Å²) in [4.78, 5) is 25.0. The quantitative estimate of drug-likeness (QED) is 0.134. The van der Waals surface area contributed by atoms with Gasteiger partial charge in [0.25, 0.3) is 5.56 Å². The van der Waals surface area contributed by atoms with Crippen molar-refractivity contribution >= 4 is 21.7 Å². The van der Waals surface area contributed by atoms with E-state index in [0.717, 1.165) is 37.8 Å². The third kappa shape index (κ3) is 6.50. The summed E-state index contributed by atoms with van der Waals surface area (Å²) in [6.07, 6.45) is -0.0151. The molecule has 2 aromatic carbocycles. The molecule has 4 aromatic rings. The highest BCUT2D eigenvalue weighted by molar-refractivity contribution is 5.95. The minimum atomic E-state index is -5.05. The number of likely N-dealkylation sites (N-methyl/N-ethyl adjacent to an activating group) is 1.